The fourth-order valence-electron chi connectivity index (χ4n) is 1.59. The molecule has 0 N–H and O–H groups in total. The third-order valence-corrected chi connectivity index (χ3v) is 6.14. The molecule has 146 valence electrons. The van der Waals surface area contributed by atoms with Crippen molar-refractivity contribution in [2.24, 2.45) is 0 Å². The van der Waals surface area contributed by atoms with Crippen LogP contribution in [0, 0.1) is 0 Å². The van der Waals surface area contributed by atoms with Crippen LogP contribution in [0.25, 0.3) is 0 Å². The lowest BCUT2D eigenvalue weighted by atomic mass is 10.0. The highest BCUT2D eigenvalue weighted by molar-refractivity contribution is 7.65. The Kier molecular flexibility index (Phi) is 8.08. The molecule has 1 atom stereocenters. The van der Waals surface area contributed by atoms with Gasteiger partial charge in [-0.05, 0) is 12.8 Å². The van der Waals surface area contributed by atoms with Crippen LogP contribution in [0.5, 0.6) is 0 Å². The van der Waals surface area contributed by atoms with Gasteiger partial charge in [0.25, 0.3) is 0 Å². The molecule has 14 heteroatoms. The number of rotatable bonds is 9. The molecule has 0 aliphatic carbocycles. The van der Waals surface area contributed by atoms with Gasteiger partial charge < -0.3 is 0 Å². The molecule has 1 unspecified atom stereocenters. The molecule has 0 aromatic rings. The summed E-state index contributed by atoms with van der Waals surface area (Å²) < 4.78 is 129. The second-order valence-corrected chi connectivity index (χ2v) is 13.4. The van der Waals surface area contributed by atoms with E-state index in [0.717, 1.165) is 0 Å². The second kappa shape index (κ2) is 7.95. The van der Waals surface area contributed by atoms with Gasteiger partial charge in [-0.3, -0.25) is 0 Å². The van der Waals surface area contributed by atoms with E-state index in [1.54, 1.807) is 0 Å². The van der Waals surface area contributed by atoms with Crippen LogP contribution in [-0.4, -0.2) is 35.7 Å². The third-order valence-electron chi connectivity index (χ3n) is 2.98. The van der Waals surface area contributed by atoms with Gasteiger partial charge in [0, 0.05) is 6.42 Å². The van der Waals surface area contributed by atoms with Crippen molar-refractivity contribution in [3.63, 3.8) is 0 Å². The lowest BCUT2D eigenvalue weighted by molar-refractivity contribution is -0.301. The third kappa shape index (κ3) is 5.70. The van der Waals surface area contributed by atoms with Gasteiger partial charge in [0.15, 0.2) is 6.17 Å². The first-order valence-corrected chi connectivity index (χ1v) is 11.3. The molecule has 0 spiro atoms. The summed E-state index contributed by atoms with van der Waals surface area (Å²) in [4.78, 5) is 0. The van der Waals surface area contributed by atoms with E-state index < -0.39 is 67.8 Å². The Bertz CT molecular complexity index is 407. The Morgan fingerprint density at radius 1 is 0.750 bits per heavy atom. The maximum Gasteiger partial charge on any atom is 0.424 e. The first kappa shape index (κ1) is 24.4. The van der Waals surface area contributed by atoms with Crippen molar-refractivity contribution in [2.75, 3.05) is 0 Å². The van der Waals surface area contributed by atoms with E-state index in [2.05, 4.69) is 33.2 Å². The lowest BCUT2D eigenvalue weighted by Gasteiger charge is -2.36. The van der Waals surface area contributed by atoms with Crippen molar-refractivity contribution in [3.05, 3.63) is 0 Å². The summed E-state index contributed by atoms with van der Waals surface area (Å²) in [6.07, 6.45) is -12.5. The molecule has 0 aromatic carbocycles. The largest absolute Gasteiger partial charge is 0.424 e. The first-order valence-electron chi connectivity index (χ1n) is 6.29. The number of alkyl halides is 10. The van der Waals surface area contributed by atoms with Crippen LogP contribution in [0.2, 0.25) is 0 Å². The Hall–Kier alpha value is 0.387. The quantitative estimate of drug-likeness (QED) is 0.153. The van der Waals surface area contributed by atoms with Crippen molar-refractivity contribution in [2.45, 2.75) is 61.8 Å². The molecule has 0 rings (SSSR count). The first-order chi connectivity index (χ1) is 10.4. The minimum Gasteiger partial charge on any atom is -0.241 e. The van der Waals surface area contributed by atoms with E-state index in [4.69, 9.17) is 0 Å². The van der Waals surface area contributed by atoms with E-state index in [9.17, 15) is 43.9 Å². The topological polar surface area (TPSA) is 0 Å². The highest BCUT2D eigenvalue weighted by Crippen LogP contribution is 2.55. The van der Waals surface area contributed by atoms with Crippen molar-refractivity contribution in [3.8, 4) is 0 Å². The summed E-state index contributed by atoms with van der Waals surface area (Å²) in [6, 6.07) is -5.68. The van der Waals surface area contributed by atoms with Gasteiger partial charge in [0.1, 0.15) is 0 Å². The van der Waals surface area contributed by atoms with Crippen LogP contribution in [-0.2, 0) is 0 Å². The number of hydrogen-bond donors (Lipinski definition) is 0. The molecule has 0 aliphatic rings. The number of hydrogen-bond acceptors (Lipinski definition) is 0. The van der Waals surface area contributed by atoms with Crippen LogP contribution in [0.3, 0.4) is 0 Å². The molecule has 0 nitrogen and oxygen atoms in total. The van der Waals surface area contributed by atoms with Crippen molar-refractivity contribution in [1.29, 1.82) is 0 Å². The number of halogens is 13. The van der Waals surface area contributed by atoms with Crippen LogP contribution in [0.1, 0.15) is 32.1 Å². The summed E-state index contributed by atoms with van der Waals surface area (Å²) in [5.41, 5.74) is -5.76. The Morgan fingerprint density at radius 3 is 1.58 bits per heavy atom. The second-order valence-electron chi connectivity index (χ2n) is 4.95. The van der Waals surface area contributed by atoms with Gasteiger partial charge in [0.05, 0.1) is 0 Å². The summed E-state index contributed by atoms with van der Waals surface area (Å²) in [5, 5.41) is 0. The highest BCUT2D eigenvalue weighted by atomic mass is 35.8. The molecule has 0 saturated carbocycles. The zero-order chi connectivity index (χ0) is 19.6. The van der Waals surface area contributed by atoms with E-state index in [0.29, 0.717) is 0 Å². The zero-order valence-corrected chi connectivity index (χ0v) is 14.8. The van der Waals surface area contributed by atoms with Crippen LogP contribution in [0.15, 0.2) is 0 Å². The SMILES string of the molecule is FC(CCCCCC(F)(F)F)C(F)(F)C(F)(F)C(F)(F)[Si](Cl)(Cl)Cl. The maximum atomic E-state index is 13.4. The predicted molar refractivity (Wildman–Crippen MR) is 72.2 cm³/mol. The van der Waals surface area contributed by atoms with Gasteiger partial charge in [0.2, 0.25) is 0 Å². The van der Waals surface area contributed by atoms with Gasteiger partial charge in [-0.2, -0.15) is 39.5 Å². The summed E-state index contributed by atoms with van der Waals surface area (Å²) in [6.45, 7) is 0. The molecular weight excluding hydrogens is 445 g/mol. The zero-order valence-electron chi connectivity index (χ0n) is 11.5. The minimum absolute atomic E-state index is 0.406. The average molecular weight is 456 g/mol. The van der Waals surface area contributed by atoms with Gasteiger partial charge in [-0.1, -0.05) is 12.8 Å². The van der Waals surface area contributed by atoms with Crippen LogP contribution >= 0.6 is 33.2 Å². The Labute approximate surface area is 145 Å². The summed E-state index contributed by atoms with van der Waals surface area (Å²) in [7, 11) is 0. The average Bonchev–Trinajstić information content (AvgIpc) is 2.34. The summed E-state index contributed by atoms with van der Waals surface area (Å²) in [5.74, 6) is -12.1. The van der Waals surface area contributed by atoms with E-state index in [1.165, 1.54) is 0 Å². The predicted octanol–water partition coefficient (Wildman–Crippen LogP) is 6.94. The fraction of sp³-hybridized carbons (Fsp3) is 1.00. The molecule has 24 heavy (non-hydrogen) atoms. The normalized spacial score (nSPS) is 16.4. The molecule has 0 heterocycles. The standard InChI is InChI=1S/C10H11Cl3F10Si/c11-24(12,13)10(22,23)9(20,21)8(18,19)6(14)4-2-1-3-5-7(15,16)17/h6H,1-5H2. The molecule has 0 fully saturated rings. The van der Waals surface area contributed by atoms with Crippen molar-refractivity contribution >= 4 is 39.2 Å². The van der Waals surface area contributed by atoms with Crippen LogP contribution in [0.4, 0.5) is 43.9 Å². The number of unbranched alkanes of at least 4 members (excludes halogenated alkanes) is 2. The molecule has 0 amide bonds. The Morgan fingerprint density at radius 2 is 1.21 bits per heavy atom. The van der Waals surface area contributed by atoms with Gasteiger partial charge in [-0.25, -0.2) is 4.39 Å². The lowest BCUT2D eigenvalue weighted by Crippen LogP contribution is -2.64. The maximum absolute atomic E-state index is 13.4. The molecule has 0 radical (unpaired) electrons. The van der Waals surface area contributed by atoms with Gasteiger partial charge in [-0.15, -0.1) is 33.2 Å². The molecule has 0 aromatic heterocycles. The minimum atomic E-state index is -6.27. The van der Waals surface area contributed by atoms with Gasteiger partial charge >= 0.3 is 29.6 Å². The van der Waals surface area contributed by atoms with E-state index in [1.807, 2.05) is 0 Å². The summed E-state index contributed by atoms with van der Waals surface area (Å²) >= 11 is 14.1. The molecule has 0 aliphatic heterocycles. The highest BCUT2D eigenvalue weighted by Gasteiger charge is 2.81. The molecule has 0 bridgehead atoms. The van der Waals surface area contributed by atoms with Crippen molar-refractivity contribution < 1.29 is 43.9 Å². The molecular formula is C10H11Cl3F10Si. The fourth-order valence-corrected chi connectivity index (χ4v) is 3.18. The monoisotopic (exact) mass is 454 g/mol. The van der Waals surface area contributed by atoms with E-state index in [-0.39, 0.29) is 0 Å². The smallest absolute Gasteiger partial charge is 0.241 e. The van der Waals surface area contributed by atoms with Crippen molar-refractivity contribution in [1.82, 2.24) is 0 Å². The van der Waals surface area contributed by atoms with E-state index >= 15 is 0 Å². The van der Waals surface area contributed by atoms with Crippen LogP contribution < -0.4 is 0 Å². The Balaban J connectivity index is 4.85. The molecule has 0 saturated heterocycles.